The SMILES string of the molecule is CC1=CCCC=C/C1=N\N(C)c1ccc(N=Nc2c(O)ccc3ccccc23)c(C)c1. The number of rotatable bonds is 4. The van der Waals surface area contributed by atoms with E-state index in [4.69, 9.17) is 5.10 Å². The fourth-order valence-electron chi connectivity index (χ4n) is 3.56. The standard InChI is InChI=1S/C26H26N4O/c1-18-9-5-4-6-12-24(18)29-30(3)21-14-15-23(19(2)17-21)27-28-26-22-11-8-7-10-20(22)13-16-25(26)31/h6-17,31H,4-5H2,1-3H3/b28-27?,29-24+. The topological polar surface area (TPSA) is 60.5 Å². The Morgan fingerprint density at radius 3 is 2.61 bits per heavy atom. The van der Waals surface area contributed by atoms with Crippen molar-refractivity contribution in [3.63, 3.8) is 0 Å². The van der Waals surface area contributed by atoms with Gasteiger partial charge in [0.05, 0.1) is 17.1 Å². The number of azo groups is 1. The number of hydrogen-bond donors (Lipinski definition) is 1. The molecule has 0 radical (unpaired) electrons. The first-order valence-corrected chi connectivity index (χ1v) is 10.4. The molecular formula is C26H26N4O. The molecule has 4 rings (SSSR count). The lowest BCUT2D eigenvalue weighted by atomic mass is 10.1. The summed E-state index contributed by atoms with van der Waals surface area (Å²) in [5.41, 5.74) is 5.36. The summed E-state index contributed by atoms with van der Waals surface area (Å²) in [5, 5.41) is 27.6. The maximum atomic E-state index is 10.3. The Bertz CT molecular complexity index is 1240. The molecule has 156 valence electrons. The number of aromatic hydroxyl groups is 1. The van der Waals surface area contributed by atoms with E-state index in [1.54, 1.807) is 6.07 Å². The number of anilines is 1. The number of nitrogens with zero attached hydrogens (tertiary/aromatic N) is 4. The van der Waals surface area contributed by atoms with Crippen LogP contribution in [0, 0.1) is 6.92 Å². The molecule has 0 atom stereocenters. The fourth-order valence-corrected chi connectivity index (χ4v) is 3.56. The van der Waals surface area contributed by atoms with Crippen LogP contribution in [0.5, 0.6) is 5.75 Å². The third kappa shape index (κ3) is 4.56. The maximum absolute atomic E-state index is 10.3. The predicted molar refractivity (Wildman–Crippen MR) is 129 cm³/mol. The van der Waals surface area contributed by atoms with Crippen molar-refractivity contribution < 1.29 is 5.11 Å². The third-order valence-corrected chi connectivity index (χ3v) is 5.41. The van der Waals surface area contributed by atoms with Crippen molar-refractivity contribution in [2.45, 2.75) is 26.7 Å². The van der Waals surface area contributed by atoms with Gasteiger partial charge in [-0.25, -0.2) is 0 Å². The summed E-state index contributed by atoms with van der Waals surface area (Å²) in [6, 6.07) is 17.3. The zero-order valence-electron chi connectivity index (χ0n) is 18.1. The highest BCUT2D eigenvalue weighted by atomic mass is 16.3. The number of hydrazone groups is 1. The number of phenolic OH excluding ortho intramolecular Hbond substituents is 1. The number of benzene rings is 3. The average Bonchev–Trinajstić information content (AvgIpc) is 2.98. The summed E-state index contributed by atoms with van der Waals surface area (Å²) in [4.78, 5) is 0. The van der Waals surface area contributed by atoms with Gasteiger partial charge < -0.3 is 5.11 Å². The Morgan fingerprint density at radius 2 is 1.77 bits per heavy atom. The molecule has 0 bridgehead atoms. The highest BCUT2D eigenvalue weighted by Crippen LogP contribution is 2.36. The highest BCUT2D eigenvalue weighted by molar-refractivity contribution is 6.08. The molecule has 5 nitrogen and oxygen atoms in total. The lowest BCUT2D eigenvalue weighted by Crippen LogP contribution is -2.12. The largest absolute Gasteiger partial charge is 0.506 e. The molecule has 1 aliphatic carbocycles. The molecule has 0 amide bonds. The molecular weight excluding hydrogens is 384 g/mol. The van der Waals surface area contributed by atoms with Crippen LogP contribution < -0.4 is 5.01 Å². The van der Waals surface area contributed by atoms with Gasteiger partial charge in [0, 0.05) is 12.4 Å². The molecule has 1 N–H and O–H groups in total. The second-order valence-electron chi connectivity index (χ2n) is 7.70. The fraction of sp³-hybridized carbons (Fsp3) is 0.192. The lowest BCUT2D eigenvalue weighted by Gasteiger charge is -2.16. The molecule has 0 unspecified atom stereocenters. The number of allylic oxidation sites excluding steroid dienone is 4. The zero-order valence-corrected chi connectivity index (χ0v) is 18.1. The average molecular weight is 411 g/mol. The van der Waals surface area contributed by atoms with Gasteiger partial charge in [-0.1, -0.05) is 42.5 Å². The quantitative estimate of drug-likeness (QED) is 0.361. The Balaban J connectivity index is 1.61. The summed E-state index contributed by atoms with van der Waals surface area (Å²) in [5.74, 6) is 0.118. The molecule has 3 aromatic rings. The van der Waals surface area contributed by atoms with Gasteiger partial charge in [0.2, 0.25) is 0 Å². The van der Waals surface area contributed by atoms with Crippen molar-refractivity contribution >= 4 is 33.5 Å². The number of aryl methyl sites for hydroxylation is 1. The van der Waals surface area contributed by atoms with Crippen molar-refractivity contribution in [2.75, 3.05) is 12.1 Å². The van der Waals surface area contributed by atoms with Crippen molar-refractivity contribution in [2.24, 2.45) is 15.3 Å². The van der Waals surface area contributed by atoms with Crippen LogP contribution in [0.2, 0.25) is 0 Å². The summed E-state index contributed by atoms with van der Waals surface area (Å²) in [6.07, 6.45) is 8.57. The number of fused-ring (bicyclic) bond motifs is 1. The first kappa shape index (κ1) is 20.5. The summed E-state index contributed by atoms with van der Waals surface area (Å²) < 4.78 is 0. The molecule has 0 spiro atoms. The first-order chi connectivity index (χ1) is 15.0. The van der Waals surface area contributed by atoms with E-state index < -0.39 is 0 Å². The summed E-state index contributed by atoms with van der Waals surface area (Å²) in [6.45, 7) is 4.10. The number of hydrogen-bond acceptors (Lipinski definition) is 5. The molecule has 31 heavy (non-hydrogen) atoms. The smallest absolute Gasteiger partial charge is 0.143 e. The summed E-state index contributed by atoms with van der Waals surface area (Å²) >= 11 is 0. The lowest BCUT2D eigenvalue weighted by molar-refractivity contribution is 0.477. The minimum absolute atomic E-state index is 0.118. The Labute approximate surface area is 182 Å². The van der Waals surface area contributed by atoms with Crippen LogP contribution in [0.4, 0.5) is 17.1 Å². The maximum Gasteiger partial charge on any atom is 0.143 e. The van der Waals surface area contributed by atoms with E-state index in [0.717, 1.165) is 46.3 Å². The summed E-state index contributed by atoms with van der Waals surface area (Å²) in [7, 11) is 1.95. The normalized spacial score (nSPS) is 15.5. The van der Waals surface area contributed by atoms with Crippen LogP contribution in [0.15, 0.2) is 93.7 Å². The van der Waals surface area contributed by atoms with Gasteiger partial charge in [-0.3, -0.25) is 5.01 Å². The van der Waals surface area contributed by atoms with Crippen LogP contribution in [0.3, 0.4) is 0 Å². The van der Waals surface area contributed by atoms with Gasteiger partial charge in [0.1, 0.15) is 11.4 Å². The molecule has 0 saturated heterocycles. The van der Waals surface area contributed by atoms with Crippen molar-refractivity contribution in [3.05, 3.63) is 84.0 Å². The van der Waals surface area contributed by atoms with Crippen LogP contribution >= 0.6 is 0 Å². The Hall–Kier alpha value is -3.73. The molecule has 1 aliphatic rings. The minimum Gasteiger partial charge on any atom is -0.506 e. The molecule has 0 aromatic heterocycles. The van der Waals surface area contributed by atoms with Crippen molar-refractivity contribution in [1.82, 2.24) is 0 Å². The molecule has 5 heteroatoms. The van der Waals surface area contributed by atoms with E-state index in [9.17, 15) is 5.11 Å². The third-order valence-electron chi connectivity index (χ3n) is 5.41. The van der Waals surface area contributed by atoms with E-state index in [2.05, 4.69) is 35.4 Å². The predicted octanol–water partition coefficient (Wildman–Crippen LogP) is 7.36. The van der Waals surface area contributed by atoms with E-state index in [-0.39, 0.29) is 5.75 Å². The number of phenols is 1. The van der Waals surface area contributed by atoms with Gasteiger partial charge in [-0.05, 0) is 73.6 Å². The Kier molecular flexibility index (Phi) is 5.94. The van der Waals surface area contributed by atoms with Gasteiger partial charge in [0.25, 0.3) is 0 Å². The second kappa shape index (κ2) is 8.96. The molecule has 0 fully saturated rings. The minimum atomic E-state index is 0.118. The van der Waals surface area contributed by atoms with Gasteiger partial charge >= 0.3 is 0 Å². The van der Waals surface area contributed by atoms with Crippen LogP contribution in [0.25, 0.3) is 10.8 Å². The van der Waals surface area contributed by atoms with Crippen LogP contribution in [-0.2, 0) is 0 Å². The zero-order chi connectivity index (χ0) is 21.8. The molecule has 3 aromatic carbocycles. The molecule has 0 saturated carbocycles. The van der Waals surface area contributed by atoms with Crippen LogP contribution in [-0.4, -0.2) is 17.9 Å². The monoisotopic (exact) mass is 410 g/mol. The van der Waals surface area contributed by atoms with Gasteiger partial charge in [0.15, 0.2) is 0 Å². The van der Waals surface area contributed by atoms with E-state index >= 15 is 0 Å². The van der Waals surface area contributed by atoms with Gasteiger partial charge in [-0.2, -0.15) is 10.2 Å². The van der Waals surface area contributed by atoms with Gasteiger partial charge in [-0.15, -0.1) is 5.11 Å². The highest BCUT2D eigenvalue weighted by Gasteiger charge is 2.09. The Morgan fingerprint density at radius 1 is 0.935 bits per heavy atom. The van der Waals surface area contributed by atoms with E-state index in [0.29, 0.717) is 5.69 Å². The van der Waals surface area contributed by atoms with E-state index in [1.807, 2.05) is 67.5 Å². The second-order valence-corrected chi connectivity index (χ2v) is 7.70. The van der Waals surface area contributed by atoms with Crippen LogP contribution in [0.1, 0.15) is 25.3 Å². The van der Waals surface area contributed by atoms with Crippen molar-refractivity contribution in [3.8, 4) is 5.75 Å². The van der Waals surface area contributed by atoms with E-state index in [1.165, 1.54) is 5.57 Å². The molecule has 0 heterocycles. The molecule has 0 aliphatic heterocycles. The van der Waals surface area contributed by atoms with Crippen molar-refractivity contribution in [1.29, 1.82) is 0 Å². The first-order valence-electron chi connectivity index (χ1n) is 10.4.